The number of hydrogen-bond acceptors (Lipinski definition) is 2. The Labute approximate surface area is 155 Å². The molecule has 1 amide bonds. The molecule has 4 rings (SSSR count). The fourth-order valence-corrected chi connectivity index (χ4v) is 3.68. The third kappa shape index (κ3) is 2.59. The number of aromatic nitrogens is 2. The van der Waals surface area contributed by atoms with Crippen molar-refractivity contribution in [2.45, 2.75) is 26.3 Å². The van der Waals surface area contributed by atoms with Crippen LogP contribution in [0.15, 0.2) is 53.0 Å². The number of nitrogens with one attached hydrogen (secondary N) is 1. The Morgan fingerprint density at radius 3 is 2.44 bits per heavy atom. The van der Waals surface area contributed by atoms with Crippen molar-refractivity contribution in [3.05, 3.63) is 81.1 Å². The number of carbonyl (C=O) groups excluding carboxylic acids is 1. The number of carbonyl (C=O) groups is 1. The molecule has 1 aliphatic rings. The molecule has 0 aliphatic carbocycles. The first-order valence-corrected chi connectivity index (χ1v) is 9.12. The van der Waals surface area contributed by atoms with Crippen molar-refractivity contribution < 1.29 is 4.79 Å². The molecule has 1 aromatic heterocycles. The first-order chi connectivity index (χ1) is 12.1. The second-order valence-electron chi connectivity index (χ2n) is 6.26. The van der Waals surface area contributed by atoms with Crippen LogP contribution in [0.25, 0.3) is 0 Å². The van der Waals surface area contributed by atoms with E-state index in [1.165, 1.54) is 5.56 Å². The molecule has 0 saturated carbocycles. The Morgan fingerprint density at radius 1 is 1.12 bits per heavy atom. The van der Waals surface area contributed by atoms with Gasteiger partial charge in [-0.2, -0.15) is 5.10 Å². The van der Waals surface area contributed by atoms with Crippen LogP contribution in [0.4, 0.5) is 5.69 Å². The number of hydrogen-bond donors (Lipinski definition) is 1. The molecule has 0 fully saturated rings. The molecule has 2 heterocycles. The second kappa shape index (κ2) is 6.15. The van der Waals surface area contributed by atoms with Crippen molar-refractivity contribution in [3.63, 3.8) is 0 Å². The van der Waals surface area contributed by atoms with E-state index in [1.807, 2.05) is 36.1 Å². The summed E-state index contributed by atoms with van der Waals surface area (Å²) in [5.74, 6) is -0.0637. The van der Waals surface area contributed by atoms with Crippen LogP contribution in [0.1, 0.15) is 45.8 Å². The largest absolute Gasteiger partial charge is 0.295 e. The highest BCUT2D eigenvalue weighted by atomic mass is 79.9. The first kappa shape index (κ1) is 16.1. The average molecular weight is 396 g/mol. The molecular weight excluding hydrogens is 378 g/mol. The third-order valence-corrected chi connectivity index (χ3v) is 5.28. The van der Waals surface area contributed by atoms with Crippen molar-refractivity contribution in [1.29, 1.82) is 0 Å². The Balaban J connectivity index is 1.86. The van der Waals surface area contributed by atoms with Crippen LogP contribution < -0.4 is 4.90 Å². The summed E-state index contributed by atoms with van der Waals surface area (Å²) in [6.07, 6.45) is 0.996. The quantitative estimate of drug-likeness (QED) is 0.692. The minimum Gasteiger partial charge on any atom is -0.295 e. The van der Waals surface area contributed by atoms with E-state index in [4.69, 9.17) is 0 Å². The van der Waals surface area contributed by atoms with Gasteiger partial charge in [0, 0.05) is 21.4 Å². The molecule has 4 nitrogen and oxygen atoms in total. The van der Waals surface area contributed by atoms with Gasteiger partial charge in [0.1, 0.15) is 0 Å². The molecule has 126 valence electrons. The number of fused-ring (bicyclic) bond motifs is 1. The third-order valence-electron chi connectivity index (χ3n) is 4.76. The number of amides is 1. The van der Waals surface area contributed by atoms with Gasteiger partial charge in [-0.05, 0) is 48.7 Å². The molecule has 5 heteroatoms. The summed E-state index contributed by atoms with van der Waals surface area (Å²) in [5, 5.41) is 7.22. The number of aromatic amines is 1. The molecule has 0 spiro atoms. The highest BCUT2D eigenvalue weighted by molar-refractivity contribution is 9.10. The molecule has 0 unspecified atom stereocenters. The summed E-state index contributed by atoms with van der Waals surface area (Å²) < 4.78 is 0.987. The average Bonchev–Trinajstić information content (AvgIpc) is 3.15. The first-order valence-electron chi connectivity index (χ1n) is 8.33. The number of aryl methyl sites for hydroxylation is 2. The lowest BCUT2D eigenvalue weighted by Crippen LogP contribution is -2.29. The Kier molecular flexibility index (Phi) is 3.96. The van der Waals surface area contributed by atoms with Gasteiger partial charge in [0.05, 0.1) is 6.04 Å². The minimum absolute atomic E-state index is 0.0637. The van der Waals surface area contributed by atoms with Gasteiger partial charge in [-0.3, -0.25) is 14.8 Å². The Morgan fingerprint density at radius 2 is 1.80 bits per heavy atom. The number of halogens is 1. The fourth-order valence-electron chi connectivity index (χ4n) is 3.42. The van der Waals surface area contributed by atoms with Gasteiger partial charge in [0.25, 0.3) is 5.91 Å². The molecule has 0 saturated heterocycles. The highest BCUT2D eigenvalue weighted by Gasteiger charge is 2.42. The summed E-state index contributed by atoms with van der Waals surface area (Å²) in [6, 6.07) is 16.2. The molecule has 1 atom stereocenters. The van der Waals surface area contributed by atoms with E-state index in [0.29, 0.717) is 5.69 Å². The van der Waals surface area contributed by atoms with Crippen LogP contribution in [0.2, 0.25) is 0 Å². The van der Waals surface area contributed by atoms with Crippen LogP contribution in [-0.4, -0.2) is 16.1 Å². The van der Waals surface area contributed by atoms with Crippen molar-refractivity contribution in [2.75, 3.05) is 4.90 Å². The van der Waals surface area contributed by atoms with Crippen molar-refractivity contribution >= 4 is 27.5 Å². The maximum atomic E-state index is 13.0. The van der Waals surface area contributed by atoms with E-state index in [1.54, 1.807) is 0 Å². The van der Waals surface area contributed by atoms with Crippen LogP contribution in [-0.2, 0) is 6.42 Å². The predicted octanol–water partition coefficient (Wildman–Crippen LogP) is 4.79. The second-order valence-corrected chi connectivity index (χ2v) is 7.18. The summed E-state index contributed by atoms with van der Waals surface area (Å²) in [6.45, 7) is 4.11. The van der Waals surface area contributed by atoms with Crippen LogP contribution >= 0.6 is 15.9 Å². The maximum absolute atomic E-state index is 13.0. The standard InChI is InChI=1S/C20H18BrN3O/c1-3-13-4-6-14(7-5-13)19-17-12(2)22-23-18(17)20(25)24(19)16-10-8-15(21)9-11-16/h4-11,19H,3H2,1-2H3,(H,22,23)/t19-/m1/s1. The summed E-state index contributed by atoms with van der Waals surface area (Å²) >= 11 is 3.46. The van der Waals surface area contributed by atoms with Gasteiger partial charge in [-0.1, -0.05) is 47.1 Å². The van der Waals surface area contributed by atoms with E-state index in [2.05, 4.69) is 57.3 Å². The molecule has 25 heavy (non-hydrogen) atoms. The summed E-state index contributed by atoms with van der Waals surface area (Å²) in [5.41, 5.74) is 5.67. The van der Waals surface area contributed by atoms with Crippen molar-refractivity contribution in [3.8, 4) is 0 Å². The molecular formula is C20H18BrN3O. The number of benzene rings is 2. The summed E-state index contributed by atoms with van der Waals surface area (Å²) in [7, 11) is 0. The zero-order valence-corrected chi connectivity index (χ0v) is 15.7. The summed E-state index contributed by atoms with van der Waals surface area (Å²) in [4.78, 5) is 14.9. The number of nitrogens with zero attached hydrogens (tertiary/aromatic N) is 2. The minimum atomic E-state index is -0.159. The van der Waals surface area contributed by atoms with Crippen LogP contribution in [0.3, 0.4) is 0 Å². The van der Waals surface area contributed by atoms with Gasteiger partial charge >= 0.3 is 0 Å². The van der Waals surface area contributed by atoms with E-state index in [9.17, 15) is 4.79 Å². The van der Waals surface area contributed by atoms with E-state index >= 15 is 0 Å². The number of rotatable bonds is 3. The zero-order chi connectivity index (χ0) is 17.6. The van der Waals surface area contributed by atoms with Crippen LogP contribution in [0.5, 0.6) is 0 Å². The van der Waals surface area contributed by atoms with Crippen molar-refractivity contribution in [2.24, 2.45) is 0 Å². The topological polar surface area (TPSA) is 49.0 Å². The van der Waals surface area contributed by atoms with Gasteiger partial charge in [0.15, 0.2) is 5.69 Å². The predicted molar refractivity (Wildman–Crippen MR) is 102 cm³/mol. The number of H-pyrrole nitrogens is 1. The number of anilines is 1. The molecule has 0 bridgehead atoms. The van der Waals surface area contributed by atoms with E-state index in [0.717, 1.165) is 33.4 Å². The van der Waals surface area contributed by atoms with Crippen LogP contribution in [0, 0.1) is 6.92 Å². The normalized spacial score (nSPS) is 16.4. The lowest BCUT2D eigenvalue weighted by Gasteiger charge is -2.26. The maximum Gasteiger partial charge on any atom is 0.279 e. The lowest BCUT2D eigenvalue weighted by molar-refractivity contribution is 0.0989. The van der Waals surface area contributed by atoms with Gasteiger partial charge < -0.3 is 0 Å². The van der Waals surface area contributed by atoms with Gasteiger partial charge in [0.2, 0.25) is 0 Å². The van der Waals surface area contributed by atoms with E-state index in [-0.39, 0.29) is 11.9 Å². The lowest BCUT2D eigenvalue weighted by atomic mass is 9.97. The molecule has 1 N–H and O–H groups in total. The Hall–Kier alpha value is -2.40. The Bertz CT molecular complexity index is 929. The van der Waals surface area contributed by atoms with Gasteiger partial charge in [-0.15, -0.1) is 0 Å². The fraction of sp³-hybridized carbons (Fsp3) is 0.200. The SMILES string of the molecule is CCc1ccc([C@@H]2c3c(n[nH]c3C)C(=O)N2c2ccc(Br)cc2)cc1. The van der Waals surface area contributed by atoms with E-state index < -0.39 is 0 Å². The zero-order valence-electron chi connectivity index (χ0n) is 14.1. The van der Waals surface area contributed by atoms with Crippen molar-refractivity contribution in [1.82, 2.24) is 10.2 Å². The van der Waals surface area contributed by atoms with Gasteiger partial charge in [-0.25, -0.2) is 0 Å². The highest BCUT2D eigenvalue weighted by Crippen LogP contribution is 2.42. The smallest absolute Gasteiger partial charge is 0.279 e. The molecule has 3 aromatic rings. The molecule has 1 aliphatic heterocycles. The monoisotopic (exact) mass is 395 g/mol. The molecule has 0 radical (unpaired) electrons. The molecule has 2 aromatic carbocycles.